The Morgan fingerprint density at radius 1 is 1.14 bits per heavy atom. The number of carbonyl (C=O) groups excluding carboxylic acids is 1. The number of piperazine rings is 1. The van der Waals surface area contributed by atoms with Crippen molar-refractivity contribution < 1.29 is 4.79 Å². The number of hydrogen-bond donors (Lipinski definition) is 1. The second-order valence-electron chi connectivity index (χ2n) is 6.33. The van der Waals surface area contributed by atoms with Crippen LogP contribution in [0.4, 0.5) is 0 Å². The van der Waals surface area contributed by atoms with E-state index in [1.165, 1.54) is 5.56 Å². The molecule has 2 aliphatic heterocycles. The Hall–Kier alpha value is -1.10. The van der Waals surface area contributed by atoms with Crippen LogP contribution in [0.2, 0.25) is 0 Å². The van der Waals surface area contributed by atoms with Crippen LogP contribution in [0, 0.1) is 11.8 Å². The predicted octanol–water partition coefficient (Wildman–Crippen LogP) is 1.61. The number of hydrogen-bond acceptors (Lipinski definition) is 3. The van der Waals surface area contributed by atoms with Crippen LogP contribution < -0.4 is 5.32 Å². The summed E-state index contributed by atoms with van der Waals surface area (Å²) in [4.78, 5) is 17.0. The highest BCUT2D eigenvalue weighted by atomic mass is 35.5. The first-order valence-electron chi connectivity index (χ1n) is 8.00. The monoisotopic (exact) mass is 323 g/mol. The molecule has 3 rings (SSSR count). The number of halogens is 1. The average Bonchev–Trinajstić information content (AvgIpc) is 2.94. The van der Waals surface area contributed by atoms with Crippen molar-refractivity contribution in [3.05, 3.63) is 35.9 Å². The van der Waals surface area contributed by atoms with Gasteiger partial charge in [-0.2, -0.15) is 0 Å². The summed E-state index contributed by atoms with van der Waals surface area (Å²) >= 11 is 0. The van der Waals surface area contributed by atoms with E-state index in [9.17, 15) is 4.79 Å². The first-order chi connectivity index (χ1) is 10.2. The summed E-state index contributed by atoms with van der Waals surface area (Å²) in [5, 5.41) is 3.33. The third kappa shape index (κ3) is 4.00. The number of carbonyl (C=O) groups is 1. The highest BCUT2D eigenvalue weighted by Gasteiger charge is 2.33. The van der Waals surface area contributed by atoms with Gasteiger partial charge in [0, 0.05) is 39.3 Å². The maximum absolute atomic E-state index is 12.5. The number of benzene rings is 1. The lowest BCUT2D eigenvalue weighted by molar-refractivity contribution is -0.137. The molecular formula is C17H26ClN3O. The quantitative estimate of drug-likeness (QED) is 0.918. The molecule has 1 aromatic carbocycles. The zero-order chi connectivity index (χ0) is 14.7. The van der Waals surface area contributed by atoms with E-state index in [-0.39, 0.29) is 18.3 Å². The summed E-state index contributed by atoms with van der Waals surface area (Å²) in [5.41, 5.74) is 1.35. The molecule has 1 aromatic rings. The minimum Gasteiger partial charge on any atom is -0.340 e. The maximum atomic E-state index is 12.5. The van der Waals surface area contributed by atoms with Gasteiger partial charge in [0.15, 0.2) is 0 Å². The smallest absolute Gasteiger partial charge is 0.227 e. The second-order valence-corrected chi connectivity index (χ2v) is 6.33. The van der Waals surface area contributed by atoms with Gasteiger partial charge in [0.05, 0.1) is 5.92 Å². The molecule has 2 aliphatic rings. The van der Waals surface area contributed by atoms with Crippen molar-refractivity contribution in [2.45, 2.75) is 13.5 Å². The molecule has 2 atom stereocenters. The molecule has 5 heteroatoms. The number of nitrogens with one attached hydrogen (secondary N) is 1. The molecular weight excluding hydrogens is 298 g/mol. The minimum absolute atomic E-state index is 0. The highest BCUT2D eigenvalue weighted by Crippen LogP contribution is 2.20. The van der Waals surface area contributed by atoms with Crippen molar-refractivity contribution in [2.75, 3.05) is 39.3 Å². The third-order valence-electron chi connectivity index (χ3n) is 4.77. The summed E-state index contributed by atoms with van der Waals surface area (Å²) in [6.45, 7) is 8.70. The first kappa shape index (κ1) is 17.3. The molecule has 0 spiro atoms. The fraction of sp³-hybridized carbons (Fsp3) is 0.588. The zero-order valence-electron chi connectivity index (χ0n) is 13.2. The summed E-state index contributed by atoms with van der Waals surface area (Å²) < 4.78 is 0. The fourth-order valence-electron chi connectivity index (χ4n) is 3.34. The van der Waals surface area contributed by atoms with Gasteiger partial charge in [0.1, 0.15) is 0 Å². The molecule has 22 heavy (non-hydrogen) atoms. The molecule has 0 radical (unpaired) electrons. The van der Waals surface area contributed by atoms with Crippen LogP contribution in [0.3, 0.4) is 0 Å². The van der Waals surface area contributed by atoms with Gasteiger partial charge in [-0.15, -0.1) is 12.4 Å². The summed E-state index contributed by atoms with van der Waals surface area (Å²) in [5.74, 6) is 1.01. The van der Waals surface area contributed by atoms with Crippen molar-refractivity contribution >= 4 is 18.3 Å². The highest BCUT2D eigenvalue weighted by molar-refractivity contribution is 5.85. The summed E-state index contributed by atoms with van der Waals surface area (Å²) in [6, 6.07) is 10.6. The second kappa shape index (κ2) is 7.95. The Morgan fingerprint density at radius 2 is 1.82 bits per heavy atom. The fourth-order valence-corrected chi connectivity index (χ4v) is 3.34. The predicted molar refractivity (Wildman–Crippen MR) is 91.1 cm³/mol. The van der Waals surface area contributed by atoms with Gasteiger partial charge in [0.25, 0.3) is 0 Å². The molecule has 0 aromatic heterocycles. The van der Waals surface area contributed by atoms with Crippen molar-refractivity contribution in [1.29, 1.82) is 0 Å². The lowest BCUT2D eigenvalue weighted by Gasteiger charge is -2.36. The van der Waals surface area contributed by atoms with E-state index < -0.39 is 0 Å². The average molecular weight is 324 g/mol. The number of nitrogens with zero attached hydrogens (tertiary/aromatic N) is 2. The van der Waals surface area contributed by atoms with Gasteiger partial charge in [-0.25, -0.2) is 0 Å². The van der Waals surface area contributed by atoms with Crippen LogP contribution in [-0.2, 0) is 11.3 Å². The lowest BCUT2D eigenvalue weighted by Crippen LogP contribution is -2.50. The molecule has 2 saturated heterocycles. The third-order valence-corrected chi connectivity index (χ3v) is 4.77. The Morgan fingerprint density at radius 3 is 2.41 bits per heavy atom. The van der Waals surface area contributed by atoms with E-state index in [0.29, 0.717) is 11.8 Å². The largest absolute Gasteiger partial charge is 0.340 e. The normalized spacial score (nSPS) is 25.8. The molecule has 122 valence electrons. The van der Waals surface area contributed by atoms with Crippen LogP contribution in [0.15, 0.2) is 30.3 Å². The molecule has 2 fully saturated rings. The minimum atomic E-state index is 0. The van der Waals surface area contributed by atoms with E-state index in [1.807, 2.05) is 0 Å². The van der Waals surface area contributed by atoms with Crippen LogP contribution in [-0.4, -0.2) is 55.0 Å². The molecule has 1 amide bonds. The number of rotatable bonds is 3. The van der Waals surface area contributed by atoms with Gasteiger partial charge in [-0.3, -0.25) is 9.69 Å². The van der Waals surface area contributed by atoms with Crippen LogP contribution in [0.5, 0.6) is 0 Å². The molecule has 0 aliphatic carbocycles. The van der Waals surface area contributed by atoms with Crippen molar-refractivity contribution in [3.63, 3.8) is 0 Å². The van der Waals surface area contributed by atoms with Gasteiger partial charge in [0.2, 0.25) is 5.91 Å². The molecule has 1 N–H and O–H groups in total. The Bertz CT molecular complexity index is 474. The van der Waals surface area contributed by atoms with Gasteiger partial charge >= 0.3 is 0 Å². The zero-order valence-corrected chi connectivity index (χ0v) is 14.0. The summed E-state index contributed by atoms with van der Waals surface area (Å²) in [6.07, 6.45) is 0. The molecule has 0 bridgehead atoms. The van der Waals surface area contributed by atoms with Gasteiger partial charge in [-0.05, 0) is 18.0 Å². The van der Waals surface area contributed by atoms with Crippen molar-refractivity contribution in [3.8, 4) is 0 Å². The molecule has 0 unspecified atom stereocenters. The Kier molecular flexibility index (Phi) is 6.24. The number of amides is 1. The molecule has 4 nitrogen and oxygen atoms in total. The maximum Gasteiger partial charge on any atom is 0.227 e. The van der Waals surface area contributed by atoms with E-state index >= 15 is 0 Å². The van der Waals surface area contributed by atoms with E-state index in [1.54, 1.807) is 0 Å². The van der Waals surface area contributed by atoms with Gasteiger partial charge in [-0.1, -0.05) is 37.3 Å². The van der Waals surface area contributed by atoms with Crippen LogP contribution >= 0.6 is 12.4 Å². The SMILES string of the molecule is C[C@@H]1CNC[C@H]1C(=O)N1CCN(Cc2ccccc2)CC1.Cl. The first-order valence-corrected chi connectivity index (χ1v) is 8.00. The summed E-state index contributed by atoms with van der Waals surface area (Å²) in [7, 11) is 0. The van der Waals surface area contributed by atoms with E-state index in [0.717, 1.165) is 45.8 Å². The van der Waals surface area contributed by atoms with E-state index in [2.05, 4.69) is 52.4 Å². The Labute approximate surface area is 139 Å². The molecule has 0 saturated carbocycles. The standard InChI is InChI=1S/C17H25N3O.ClH/c1-14-11-18-12-16(14)17(21)20-9-7-19(8-10-20)13-15-5-3-2-4-6-15;/h2-6,14,16,18H,7-13H2,1H3;1H/t14-,16-;/m1./s1. The lowest BCUT2D eigenvalue weighted by atomic mass is 9.96. The van der Waals surface area contributed by atoms with E-state index in [4.69, 9.17) is 0 Å². The van der Waals surface area contributed by atoms with Crippen molar-refractivity contribution in [1.82, 2.24) is 15.1 Å². The van der Waals surface area contributed by atoms with Gasteiger partial charge < -0.3 is 10.2 Å². The molecule has 2 heterocycles. The van der Waals surface area contributed by atoms with Crippen LogP contribution in [0.1, 0.15) is 12.5 Å². The van der Waals surface area contributed by atoms with Crippen molar-refractivity contribution in [2.24, 2.45) is 11.8 Å². The topological polar surface area (TPSA) is 35.6 Å². The van der Waals surface area contributed by atoms with Crippen LogP contribution in [0.25, 0.3) is 0 Å². The Balaban J connectivity index is 0.00000176.